The fourth-order valence-corrected chi connectivity index (χ4v) is 2.45. The smallest absolute Gasteiger partial charge is 0.161 e. The maximum absolute atomic E-state index is 5.83. The summed E-state index contributed by atoms with van der Waals surface area (Å²) in [6.45, 7) is 1.78. The maximum atomic E-state index is 5.83. The first-order chi connectivity index (χ1) is 12.2. The molecule has 0 aliphatic heterocycles. The van der Waals surface area contributed by atoms with Crippen molar-refractivity contribution in [1.82, 2.24) is 10.3 Å². The Morgan fingerprint density at radius 2 is 1.96 bits per heavy atom. The lowest BCUT2D eigenvalue weighted by Crippen LogP contribution is -2.12. The number of rotatable bonds is 8. The van der Waals surface area contributed by atoms with Gasteiger partial charge in [-0.3, -0.25) is 0 Å². The summed E-state index contributed by atoms with van der Waals surface area (Å²) < 4.78 is 16.6. The summed E-state index contributed by atoms with van der Waals surface area (Å²) in [6.07, 6.45) is 3.37. The lowest BCUT2D eigenvalue weighted by Gasteiger charge is -2.12. The fourth-order valence-electron chi connectivity index (χ4n) is 2.34. The number of pyridine rings is 1. The summed E-state index contributed by atoms with van der Waals surface area (Å²) in [4.78, 5) is 4.04. The van der Waals surface area contributed by atoms with Crippen LogP contribution in [0.4, 0.5) is 0 Å². The molecule has 1 N–H and O–H groups in total. The number of aromatic nitrogens is 1. The van der Waals surface area contributed by atoms with Crippen molar-refractivity contribution in [2.24, 2.45) is 0 Å². The van der Waals surface area contributed by atoms with Gasteiger partial charge in [0.1, 0.15) is 17.5 Å². The molecular weight excluding hydrogens is 340 g/mol. The Hall–Kier alpha value is -2.50. The number of methoxy groups -OCH3 is 1. The average Bonchev–Trinajstić information content (AvgIpc) is 3.15. The number of nitrogens with zero attached hydrogens (tertiary/aromatic N) is 1. The quantitative estimate of drug-likeness (QED) is 0.611. The highest BCUT2D eigenvalue weighted by atomic mass is 35.5. The Labute approximate surface area is 151 Å². The van der Waals surface area contributed by atoms with Crippen LogP contribution in [0.3, 0.4) is 0 Å². The van der Waals surface area contributed by atoms with Crippen LogP contribution in [-0.2, 0) is 19.7 Å². The van der Waals surface area contributed by atoms with Crippen molar-refractivity contribution in [2.75, 3.05) is 7.11 Å². The molecule has 1 aromatic carbocycles. The number of hydrogen-bond acceptors (Lipinski definition) is 5. The second-order valence-electron chi connectivity index (χ2n) is 5.45. The summed E-state index contributed by atoms with van der Waals surface area (Å²) in [5, 5.41) is 3.79. The van der Waals surface area contributed by atoms with Crippen LogP contribution in [0.1, 0.15) is 16.9 Å². The summed E-state index contributed by atoms with van der Waals surface area (Å²) in [6, 6.07) is 13.3. The van der Waals surface area contributed by atoms with E-state index in [1.54, 1.807) is 25.6 Å². The first-order valence-corrected chi connectivity index (χ1v) is 8.25. The zero-order chi connectivity index (χ0) is 17.5. The van der Waals surface area contributed by atoms with Crippen LogP contribution in [0.2, 0.25) is 5.15 Å². The van der Waals surface area contributed by atoms with Crippen LogP contribution >= 0.6 is 11.6 Å². The van der Waals surface area contributed by atoms with Crippen molar-refractivity contribution in [2.45, 2.75) is 19.7 Å². The van der Waals surface area contributed by atoms with Gasteiger partial charge in [-0.15, -0.1) is 0 Å². The van der Waals surface area contributed by atoms with Crippen molar-refractivity contribution >= 4 is 11.6 Å². The van der Waals surface area contributed by atoms with Crippen LogP contribution < -0.4 is 14.8 Å². The molecule has 130 valence electrons. The first kappa shape index (κ1) is 17.3. The van der Waals surface area contributed by atoms with E-state index in [9.17, 15) is 0 Å². The van der Waals surface area contributed by atoms with E-state index in [1.165, 1.54) is 0 Å². The Morgan fingerprint density at radius 1 is 1.08 bits per heavy atom. The Morgan fingerprint density at radius 3 is 2.68 bits per heavy atom. The van der Waals surface area contributed by atoms with E-state index in [2.05, 4.69) is 10.3 Å². The Bertz CT molecular complexity index is 789. The van der Waals surface area contributed by atoms with Crippen LogP contribution in [0.25, 0.3) is 0 Å². The topological polar surface area (TPSA) is 56.5 Å². The Kier molecular flexibility index (Phi) is 5.93. The number of nitrogens with one attached hydrogen (secondary N) is 1. The van der Waals surface area contributed by atoms with Crippen molar-refractivity contribution in [3.05, 3.63) is 77.0 Å². The molecule has 6 heteroatoms. The second-order valence-corrected chi connectivity index (χ2v) is 5.83. The number of benzene rings is 1. The van der Waals surface area contributed by atoms with Gasteiger partial charge >= 0.3 is 0 Å². The molecule has 3 rings (SSSR count). The molecule has 0 saturated carbocycles. The molecule has 3 aromatic rings. The van der Waals surface area contributed by atoms with Gasteiger partial charge in [0.25, 0.3) is 0 Å². The van der Waals surface area contributed by atoms with Crippen molar-refractivity contribution in [1.29, 1.82) is 0 Å². The molecule has 2 heterocycles. The molecular formula is C19H19ClN2O3. The highest BCUT2D eigenvalue weighted by molar-refractivity contribution is 6.29. The van der Waals surface area contributed by atoms with Crippen molar-refractivity contribution in [3.8, 4) is 11.5 Å². The Balaban J connectivity index is 1.57. The van der Waals surface area contributed by atoms with Gasteiger partial charge in [-0.2, -0.15) is 0 Å². The van der Waals surface area contributed by atoms with E-state index >= 15 is 0 Å². The zero-order valence-corrected chi connectivity index (χ0v) is 14.6. The third-order valence-electron chi connectivity index (χ3n) is 3.62. The van der Waals surface area contributed by atoms with E-state index in [0.717, 1.165) is 16.9 Å². The lowest BCUT2D eigenvalue weighted by molar-refractivity contribution is 0.284. The minimum Gasteiger partial charge on any atom is -0.493 e. The highest BCUT2D eigenvalue weighted by Crippen LogP contribution is 2.29. The average molecular weight is 359 g/mol. The first-order valence-electron chi connectivity index (χ1n) is 7.88. The molecule has 0 atom stereocenters. The fraction of sp³-hybridized carbons (Fsp3) is 0.211. The van der Waals surface area contributed by atoms with Gasteiger partial charge in [0.15, 0.2) is 11.5 Å². The predicted octanol–water partition coefficient (Wildman–Crippen LogP) is 4.21. The molecule has 5 nitrogen and oxygen atoms in total. The summed E-state index contributed by atoms with van der Waals surface area (Å²) in [7, 11) is 1.63. The van der Waals surface area contributed by atoms with E-state index in [-0.39, 0.29) is 0 Å². The van der Waals surface area contributed by atoms with Gasteiger partial charge in [-0.05, 0) is 35.9 Å². The molecule has 0 radical (unpaired) electrons. The van der Waals surface area contributed by atoms with Gasteiger partial charge in [0.2, 0.25) is 0 Å². The maximum Gasteiger partial charge on any atom is 0.161 e. The number of halogens is 1. The SMILES string of the molecule is COc1cc(CNCc2ccco2)ccc1OCc1ccc(Cl)nc1. The molecule has 0 saturated heterocycles. The third kappa shape index (κ3) is 4.98. The van der Waals surface area contributed by atoms with E-state index in [0.29, 0.717) is 36.3 Å². The van der Waals surface area contributed by atoms with Crippen molar-refractivity contribution < 1.29 is 13.9 Å². The second kappa shape index (κ2) is 8.55. The van der Waals surface area contributed by atoms with E-state index < -0.39 is 0 Å². The van der Waals surface area contributed by atoms with Crippen LogP contribution in [0, 0.1) is 0 Å². The van der Waals surface area contributed by atoms with E-state index in [1.807, 2.05) is 36.4 Å². The third-order valence-corrected chi connectivity index (χ3v) is 3.84. The molecule has 0 spiro atoms. The molecule has 0 unspecified atom stereocenters. The number of hydrogen-bond donors (Lipinski definition) is 1. The largest absolute Gasteiger partial charge is 0.493 e. The molecule has 0 amide bonds. The number of ether oxygens (including phenoxy) is 2. The lowest BCUT2D eigenvalue weighted by atomic mass is 10.2. The monoisotopic (exact) mass is 358 g/mol. The zero-order valence-electron chi connectivity index (χ0n) is 13.9. The summed E-state index contributed by atoms with van der Waals surface area (Å²) >= 11 is 5.78. The van der Waals surface area contributed by atoms with Gasteiger partial charge in [0, 0.05) is 18.3 Å². The van der Waals surface area contributed by atoms with Crippen LogP contribution in [0.15, 0.2) is 59.3 Å². The summed E-state index contributed by atoms with van der Waals surface area (Å²) in [5.41, 5.74) is 2.04. The minimum atomic E-state index is 0.399. The van der Waals surface area contributed by atoms with Gasteiger partial charge < -0.3 is 19.2 Å². The standard InChI is InChI=1S/C19H19ClN2O3/c1-23-18-9-14(10-21-12-16-3-2-8-24-16)4-6-17(18)25-13-15-5-7-19(20)22-11-15/h2-9,11,21H,10,12-13H2,1H3. The predicted molar refractivity (Wildman–Crippen MR) is 95.8 cm³/mol. The molecule has 0 bridgehead atoms. The molecule has 2 aromatic heterocycles. The minimum absolute atomic E-state index is 0.399. The molecule has 0 aliphatic rings. The van der Waals surface area contributed by atoms with Gasteiger partial charge in [-0.1, -0.05) is 23.7 Å². The summed E-state index contributed by atoms with van der Waals surface area (Å²) in [5.74, 6) is 2.29. The van der Waals surface area contributed by atoms with E-state index in [4.69, 9.17) is 25.5 Å². The molecule has 0 aliphatic carbocycles. The molecule has 25 heavy (non-hydrogen) atoms. The van der Waals surface area contributed by atoms with Crippen LogP contribution in [0.5, 0.6) is 11.5 Å². The van der Waals surface area contributed by atoms with Gasteiger partial charge in [-0.25, -0.2) is 4.98 Å². The highest BCUT2D eigenvalue weighted by Gasteiger charge is 2.07. The van der Waals surface area contributed by atoms with Crippen LogP contribution in [-0.4, -0.2) is 12.1 Å². The normalized spacial score (nSPS) is 10.6. The van der Waals surface area contributed by atoms with Gasteiger partial charge in [0.05, 0.1) is 19.9 Å². The number of furan rings is 1. The molecule has 0 fully saturated rings. The van der Waals surface area contributed by atoms with Crippen molar-refractivity contribution in [3.63, 3.8) is 0 Å².